The van der Waals surface area contributed by atoms with E-state index in [1.165, 1.54) is 0 Å². The Morgan fingerprint density at radius 1 is 1.40 bits per heavy atom. The van der Waals surface area contributed by atoms with Crippen molar-refractivity contribution in [3.05, 3.63) is 34.3 Å². The van der Waals surface area contributed by atoms with Crippen LogP contribution >= 0.6 is 24.0 Å². The van der Waals surface area contributed by atoms with E-state index in [2.05, 4.69) is 0 Å². The summed E-state index contributed by atoms with van der Waals surface area (Å²) >= 11 is 5.94. The summed E-state index contributed by atoms with van der Waals surface area (Å²) < 4.78 is 0. The molecule has 0 heterocycles. The molecule has 0 bridgehead atoms. The summed E-state index contributed by atoms with van der Waals surface area (Å²) in [6, 6.07) is 5.49. The summed E-state index contributed by atoms with van der Waals surface area (Å²) in [4.78, 5) is 13.5. The molecule has 0 saturated heterocycles. The average Bonchev–Trinajstić information content (AvgIpc) is 2.08. The molecule has 1 aromatic carbocycles. The van der Waals surface area contributed by atoms with Gasteiger partial charge in [-0.15, -0.1) is 12.4 Å². The van der Waals surface area contributed by atoms with Crippen LogP contribution in [0.1, 0.15) is 15.9 Å². The molecule has 0 aliphatic heterocycles. The zero-order valence-electron chi connectivity index (χ0n) is 9.08. The van der Waals surface area contributed by atoms with Gasteiger partial charge < -0.3 is 4.90 Å². The molecule has 0 atom stereocenters. The minimum Gasteiger partial charge on any atom is -0.302 e. The molecule has 0 spiro atoms. The molecule has 1 rings (SSSR count). The van der Waals surface area contributed by atoms with E-state index in [1.54, 1.807) is 6.07 Å². The summed E-state index contributed by atoms with van der Waals surface area (Å²) in [6.07, 6.45) is 0. The fraction of sp³-hybridized carbons (Fsp3) is 0.364. The number of Topliss-reactive ketones (excluding diaryl/α,β-unsaturated/α-hetero) is 1. The number of likely N-dealkylation sites (N-methyl/N-ethyl adjacent to an activating group) is 1. The maximum absolute atomic E-state index is 11.7. The molecular formula is C11H15Cl2NO. The molecule has 0 aliphatic carbocycles. The van der Waals surface area contributed by atoms with Crippen LogP contribution in [0, 0.1) is 6.92 Å². The SMILES string of the molecule is Cc1ccc(Cl)c(C(=O)CN(C)C)c1.Cl. The van der Waals surface area contributed by atoms with Crippen molar-refractivity contribution in [3.63, 3.8) is 0 Å². The Kier molecular flexibility index (Phi) is 5.88. The highest BCUT2D eigenvalue weighted by Crippen LogP contribution is 2.17. The Balaban J connectivity index is 0.00000196. The Labute approximate surface area is 102 Å². The third kappa shape index (κ3) is 4.20. The Bertz CT molecular complexity index is 350. The molecule has 1 aromatic rings. The van der Waals surface area contributed by atoms with Crippen LogP contribution in [0.4, 0.5) is 0 Å². The number of halogens is 2. The van der Waals surface area contributed by atoms with Gasteiger partial charge in [-0.25, -0.2) is 0 Å². The predicted molar refractivity (Wildman–Crippen MR) is 66.3 cm³/mol. The topological polar surface area (TPSA) is 20.3 Å². The lowest BCUT2D eigenvalue weighted by Gasteiger charge is -2.09. The second-order valence-electron chi connectivity index (χ2n) is 3.64. The summed E-state index contributed by atoms with van der Waals surface area (Å²) in [5.41, 5.74) is 1.66. The van der Waals surface area contributed by atoms with Gasteiger partial charge in [-0.3, -0.25) is 4.79 Å². The Morgan fingerprint density at radius 2 is 2.00 bits per heavy atom. The quantitative estimate of drug-likeness (QED) is 0.766. The van der Waals surface area contributed by atoms with Crippen molar-refractivity contribution in [2.24, 2.45) is 0 Å². The van der Waals surface area contributed by atoms with Crippen LogP contribution in [0.5, 0.6) is 0 Å². The van der Waals surface area contributed by atoms with Crippen LogP contribution in [0.25, 0.3) is 0 Å². The van der Waals surface area contributed by atoms with Gasteiger partial charge in [-0.1, -0.05) is 23.2 Å². The summed E-state index contributed by atoms with van der Waals surface area (Å²) in [6.45, 7) is 2.34. The second kappa shape index (κ2) is 6.11. The molecule has 0 aromatic heterocycles. The van der Waals surface area contributed by atoms with E-state index in [9.17, 15) is 4.79 Å². The lowest BCUT2D eigenvalue weighted by Crippen LogP contribution is -2.21. The second-order valence-corrected chi connectivity index (χ2v) is 4.05. The monoisotopic (exact) mass is 247 g/mol. The van der Waals surface area contributed by atoms with Crippen LogP contribution in [0.2, 0.25) is 5.02 Å². The molecule has 0 aliphatic rings. The van der Waals surface area contributed by atoms with E-state index in [1.807, 2.05) is 38.1 Å². The van der Waals surface area contributed by atoms with Gasteiger partial charge in [0.05, 0.1) is 11.6 Å². The van der Waals surface area contributed by atoms with Gasteiger partial charge in [0.15, 0.2) is 5.78 Å². The highest BCUT2D eigenvalue weighted by atomic mass is 35.5. The predicted octanol–water partition coefficient (Wildman–Crippen LogP) is 2.81. The zero-order chi connectivity index (χ0) is 10.7. The third-order valence-corrected chi connectivity index (χ3v) is 2.21. The number of benzene rings is 1. The minimum atomic E-state index is 0. The lowest BCUT2D eigenvalue weighted by atomic mass is 10.1. The highest BCUT2D eigenvalue weighted by Gasteiger charge is 2.10. The molecule has 84 valence electrons. The van der Waals surface area contributed by atoms with Crippen molar-refractivity contribution in [1.82, 2.24) is 4.90 Å². The summed E-state index contributed by atoms with van der Waals surface area (Å²) in [5.74, 6) is 0.0590. The van der Waals surface area contributed by atoms with E-state index in [0.717, 1.165) is 5.56 Å². The molecule has 0 saturated carbocycles. The van der Waals surface area contributed by atoms with Crippen LogP contribution in [0.3, 0.4) is 0 Å². The standard InChI is InChI=1S/C11H14ClNO.ClH/c1-8-4-5-10(12)9(6-8)11(14)7-13(2)3;/h4-6H,7H2,1-3H3;1H. The fourth-order valence-corrected chi connectivity index (χ4v) is 1.45. The van der Waals surface area contributed by atoms with Gasteiger partial charge in [0.25, 0.3) is 0 Å². The van der Waals surface area contributed by atoms with E-state index in [4.69, 9.17) is 11.6 Å². The van der Waals surface area contributed by atoms with E-state index < -0.39 is 0 Å². The smallest absolute Gasteiger partial charge is 0.178 e. The van der Waals surface area contributed by atoms with Gasteiger partial charge in [0, 0.05) is 5.56 Å². The average molecular weight is 248 g/mol. The molecule has 4 heteroatoms. The van der Waals surface area contributed by atoms with Crippen LogP contribution in [-0.4, -0.2) is 31.3 Å². The number of carbonyl (C=O) groups is 1. The Hall–Kier alpha value is -0.570. The number of hydrogen-bond acceptors (Lipinski definition) is 2. The van der Waals surface area contributed by atoms with Crippen LogP contribution < -0.4 is 0 Å². The normalized spacial score (nSPS) is 9.93. The van der Waals surface area contributed by atoms with Gasteiger partial charge in [-0.2, -0.15) is 0 Å². The van der Waals surface area contributed by atoms with Crippen molar-refractivity contribution in [1.29, 1.82) is 0 Å². The first-order chi connectivity index (χ1) is 6.50. The first-order valence-electron chi connectivity index (χ1n) is 4.45. The maximum Gasteiger partial charge on any atom is 0.178 e. The van der Waals surface area contributed by atoms with Crippen molar-refractivity contribution < 1.29 is 4.79 Å². The molecule has 0 amide bonds. The molecule has 0 radical (unpaired) electrons. The lowest BCUT2D eigenvalue weighted by molar-refractivity contribution is 0.0958. The summed E-state index contributed by atoms with van der Waals surface area (Å²) in [5, 5.41) is 0.530. The van der Waals surface area contributed by atoms with Gasteiger partial charge >= 0.3 is 0 Å². The largest absolute Gasteiger partial charge is 0.302 e. The van der Waals surface area contributed by atoms with Crippen LogP contribution in [0.15, 0.2) is 18.2 Å². The number of nitrogens with zero attached hydrogens (tertiary/aromatic N) is 1. The van der Waals surface area contributed by atoms with E-state index in [0.29, 0.717) is 17.1 Å². The molecule has 15 heavy (non-hydrogen) atoms. The number of aryl methyl sites for hydroxylation is 1. The molecule has 0 N–H and O–H groups in total. The molecule has 0 fully saturated rings. The van der Waals surface area contributed by atoms with Gasteiger partial charge in [0.2, 0.25) is 0 Å². The van der Waals surface area contributed by atoms with Crippen molar-refractivity contribution >= 4 is 29.8 Å². The van der Waals surface area contributed by atoms with Crippen LogP contribution in [-0.2, 0) is 0 Å². The van der Waals surface area contributed by atoms with E-state index >= 15 is 0 Å². The fourth-order valence-electron chi connectivity index (χ4n) is 1.23. The molecule has 2 nitrogen and oxygen atoms in total. The van der Waals surface area contributed by atoms with E-state index in [-0.39, 0.29) is 18.2 Å². The third-order valence-electron chi connectivity index (χ3n) is 1.88. The summed E-state index contributed by atoms with van der Waals surface area (Å²) in [7, 11) is 3.73. The first kappa shape index (κ1) is 14.4. The molecular weight excluding hydrogens is 233 g/mol. The van der Waals surface area contributed by atoms with Crippen molar-refractivity contribution in [2.75, 3.05) is 20.6 Å². The van der Waals surface area contributed by atoms with Gasteiger partial charge in [0.1, 0.15) is 0 Å². The highest BCUT2D eigenvalue weighted by molar-refractivity contribution is 6.34. The van der Waals surface area contributed by atoms with Gasteiger partial charge in [-0.05, 0) is 33.2 Å². The number of hydrogen-bond donors (Lipinski definition) is 0. The first-order valence-corrected chi connectivity index (χ1v) is 4.82. The van der Waals surface area contributed by atoms with Crippen molar-refractivity contribution in [3.8, 4) is 0 Å². The minimum absolute atomic E-state index is 0. The molecule has 0 unspecified atom stereocenters. The Morgan fingerprint density at radius 3 is 2.53 bits per heavy atom. The number of ketones is 1. The van der Waals surface area contributed by atoms with Crippen molar-refractivity contribution in [2.45, 2.75) is 6.92 Å². The number of rotatable bonds is 3. The number of carbonyl (C=O) groups excluding carboxylic acids is 1. The zero-order valence-corrected chi connectivity index (χ0v) is 10.7. The maximum atomic E-state index is 11.7.